The summed E-state index contributed by atoms with van der Waals surface area (Å²) < 4.78 is 20.1. The number of hydrogen-bond donors (Lipinski definition) is 1. The summed E-state index contributed by atoms with van der Waals surface area (Å²) in [7, 11) is 0. The number of anilines is 1. The maximum atomic E-state index is 12.7. The van der Waals surface area contributed by atoms with Gasteiger partial charge >= 0.3 is 0 Å². The van der Waals surface area contributed by atoms with Crippen molar-refractivity contribution in [3.63, 3.8) is 0 Å². The summed E-state index contributed by atoms with van der Waals surface area (Å²) in [4.78, 5) is 12.6. The summed E-state index contributed by atoms with van der Waals surface area (Å²) in [6.07, 6.45) is 0. The lowest BCUT2D eigenvalue weighted by Crippen LogP contribution is -2.12. The van der Waals surface area contributed by atoms with Crippen LogP contribution in [0.4, 0.5) is 10.2 Å². The van der Waals surface area contributed by atoms with Crippen molar-refractivity contribution in [1.82, 2.24) is 9.78 Å². The van der Waals surface area contributed by atoms with Crippen molar-refractivity contribution in [2.45, 2.75) is 27.1 Å². The first kappa shape index (κ1) is 18.0. The number of rotatable bonds is 5. The maximum Gasteiger partial charge on any atom is 0.292 e. The molecule has 4 rings (SSSR count). The van der Waals surface area contributed by atoms with Crippen molar-refractivity contribution >= 4 is 22.6 Å². The van der Waals surface area contributed by atoms with E-state index in [1.54, 1.807) is 18.2 Å². The monoisotopic (exact) mass is 377 g/mol. The summed E-state index contributed by atoms with van der Waals surface area (Å²) in [5, 5.41) is 8.29. The van der Waals surface area contributed by atoms with Crippen LogP contribution in [0.3, 0.4) is 0 Å². The van der Waals surface area contributed by atoms with Crippen molar-refractivity contribution in [2.24, 2.45) is 0 Å². The minimum absolute atomic E-state index is 0.260. The Morgan fingerprint density at radius 3 is 2.50 bits per heavy atom. The number of para-hydroxylation sites is 1. The Balaban J connectivity index is 1.64. The molecular weight excluding hydrogens is 357 g/mol. The fourth-order valence-electron chi connectivity index (χ4n) is 3.10. The lowest BCUT2D eigenvalue weighted by Gasteiger charge is -2.04. The van der Waals surface area contributed by atoms with Gasteiger partial charge in [-0.2, -0.15) is 5.10 Å². The van der Waals surface area contributed by atoms with Gasteiger partial charge in [0.25, 0.3) is 5.91 Å². The molecule has 0 spiro atoms. The van der Waals surface area contributed by atoms with E-state index in [2.05, 4.69) is 10.4 Å². The van der Waals surface area contributed by atoms with Crippen LogP contribution in [0.5, 0.6) is 0 Å². The van der Waals surface area contributed by atoms with E-state index in [4.69, 9.17) is 4.42 Å². The molecule has 1 amide bonds. The maximum absolute atomic E-state index is 12.7. The highest BCUT2D eigenvalue weighted by Gasteiger charge is 2.17. The highest BCUT2D eigenvalue weighted by atomic mass is 19.1. The number of hydrogen-bond acceptors (Lipinski definition) is 3. The first-order valence-electron chi connectivity index (χ1n) is 9.03. The SMILES string of the molecule is Cc1cc(C(=O)Nc2nn(Cc3ccc(CF)cc3)c3ccccc23)oc1C. The third-order valence-corrected chi connectivity index (χ3v) is 4.79. The van der Waals surface area contributed by atoms with E-state index < -0.39 is 6.67 Å². The molecule has 0 aliphatic heterocycles. The zero-order valence-corrected chi connectivity index (χ0v) is 15.7. The first-order chi connectivity index (χ1) is 13.5. The van der Waals surface area contributed by atoms with E-state index >= 15 is 0 Å². The Morgan fingerprint density at radius 1 is 1.11 bits per heavy atom. The second kappa shape index (κ2) is 7.31. The molecule has 0 fully saturated rings. The van der Waals surface area contributed by atoms with Gasteiger partial charge in [0.05, 0.1) is 12.1 Å². The summed E-state index contributed by atoms with van der Waals surface area (Å²) >= 11 is 0. The van der Waals surface area contributed by atoms with Crippen LogP contribution >= 0.6 is 0 Å². The van der Waals surface area contributed by atoms with E-state index in [0.29, 0.717) is 17.9 Å². The minimum Gasteiger partial charge on any atom is -0.456 e. The molecule has 0 saturated carbocycles. The molecule has 4 aromatic rings. The second-order valence-electron chi connectivity index (χ2n) is 6.78. The molecule has 0 radical (unpaired) electrons. The minimum atomic E-state index is -0.479. The smallest absolute Gasteiger partial charge is 0.292 e. The van der Waals surface area contributed by atoms with Crippen molar-refractivity contribution < 1.29 is 13.6 Å². The van der Waals surface area contributed by atoms with Crippen LogP contribution in [0.1, 0.15) is 33.0 Å². The number of aryl methyl sites for hydroxylation is 2. The molecule has 142 valence electrons. The number of carbonyl (C=O) groups excluding carboxylic acids is 1. The number of alkyl halides is 1. The fraction of sp³-hybridized carbons (Fsp3) is 0.182. The third kappa shape index (κ3) is 3.41. The molecule has 2 aromatic heterocycles. The van der Waals surface area contributed by atoms with Crippen LogP contribution in [0.2, 0.25) is 0 Å². The lowest BCUT2D eigenvalue weighted by molar-refractivity contribution is 0.0995. The molecule has 5 nitrogen and oxygen atoms in total. The molecule has 28 heavy (non-hydrogen) atoms. The van der Waals surface area contributed by atoms with Gasteiger partial charge in [0, 0.05) is 5.39 Å². The van der Waals surface area contributed by atoms with E-state index in [-0.39, 0.29) is 11.7 Å². The third-order valence-electron chi connectivity index (χ3n) is 4.79. The molecule has 0 unspecified atom stereocenters. The van der Waals surface area contributed by atoms with Crippen LogP contribution in [0, 0.1) is 13.8 Å². The largest absolute Gasteiger partial charge is 0.456 e. The van der Waals surface area contributed by atoms with E-state index in [1.807, 2.05) is 54.9 Å². The fourth-order valence-corrected chi connectivity index (χ4v) is 3.10. The van der Waals surface area contributed by atoms with Crippen molar-refractivity contribution in [2.75, 3.05) is 5.32 Å². The van der Waals surface area contributed by atoms with Crippen molar-refractivity contribution in [3.8, 4) is 0 Å². The topological polar surface area (TPSA) is 60.1 Å². The van der Waals surface area contributed by atoms with Gasteiger partial charge in [0.1, 0.15) is 12.4 Å². The summed E-state index contributed by atoms with van der Waals surface area (Å²) in [6, 6.07) is 16.7. The number of fused-ring (bicyclic) bond motifs is 1. The van der Waals surface area contributed by atoms with Crippen LogP contribution in [0.15, 0.2) is 59.0 Å². The molecule has 0 atom stereocenters. The Bertz CT molecular complexity index is 1120. The van der Waals surface area contributed by atoms with Gasteiger partial charge in [-0.25, -0.2) is 4.39 Å². The zero-order chi connectivity index (χ0) is 19.7. The number of nitrogens with one attached hydrogen (secondary N) is 1. The predicted octanol–water partition coefficient (Wildman–Crippen LogP) is 5.02. The number of benzene rings is 2. The van der Waals surface area contributed by atoms with Gasteiger partial charge in [-0.15, -0.1) is 0 Å². The Hall–Kier alpha value is -3.41. The highest BCUT2D eigenvalue weighted by molar-refractivity contribution is 6.06. The van der Waals surface area contributed by atoms with Gasteiger partial charge in [0.2, 0.25) is 0 Å². The van der Waals surface area contributed by atoms with E-state index in [1.165, 1.54) is 0 Å². The summed E-state index contributed by atoms with van der Waals surface area (Å²) in [6.45, 7) is 3.76. The number of nitrogens with zero attached hydrogens (tertiary/aromatic N) is 2. The van der Waals surface area contributed by atoms with Crippen LogP contribution in [-0.2, 0) is 13.2 Å². The van der Waals surface area contributed by atoms with Gasteiger partial charge in [-0.05, 0) is 48.7 Å². The number of halogens is 1. The standard InChI is InChI=1S/C22H20FN3O2/c1-14-11-20(28-15(14)2)22(27)24-21-18-5-3-4-6-19(18)26(25-21)13-17-9-7-16(12-23)8-10-17/h3-11H,12-13H2,1-2H3,(H,24,25,27). The molecule has 0 saturated heterocycles. The Kier molecular flexibility index (Phi) is 4.69. The number of aromatic nitrogens is 2. The lowest BCUT2D eigenvalue weighted by atomic mass is 10.1. The highest BCUT2D eigenvalue weighted by Crippen LogP contribution is 2.25. The summed E-state index contributed by atoms with van der Waals surface area (Å²) in [5.41, 5.74) is 3.48. The van der Waals surface area contributed by atoms with Gasteiger partial charge in [-0.1, -0.05) is 36.4 Å². The van der Waals surface area contributed by atoms with Gasteiger partial charge in [0.15, 0.2) is 11.6 Å². The average Bonchev–Trinajstić information content (AvgIpc) is 3.23. The van der Waals surface area contributed by atoms with E-state index in [9.17, 15) is 9.18 Å². The zero-order valence-electron chi connectivity index (χ0n) is 15.7. The van der Waals surface area contributed by atoms with Crippen LogP contribution in [-0.4, -0.2) is 15.7 Å². The van der Waals surface area contributed by atoms with Gasteiger partial charge in [-0.3, -0.25) is 9.48 Å². The number of amides is 1. The summed E-state index contributed by atoms with van der Waals surface area (Å²) in [5.74, 6) is 1.12. The van der Waals surface area contributed by atoms with Gasteiger partial charge < -0.3 is 9.73 Å². The molecule has 0 aliphatic rings. The average molecular weight is 377 g/mol. The van der Waals surface area contributed by atoms with Crippen LogP contribution < -0.4 is 5.32 Å². The molecule has 2 heterocycles. The molecule has 2 aromatic carbocycles. The number of carbonyl (C=O) groups is 1. The molecular formula is C22H20FN3O2. The number of furan rings is 1. The normalized spacial score (nSPS) is 11.1. The van der Waals surface area contributed by atoms with Crippen molar-refractivity contribution in [3.05, 3.63) is 82.8 Å². The van der Waals surface area contributed by atoms with Crippen LogP contribution in [0.25, 0.3) is 10.9 Å². The Morgan fingerprint density at radius 2 is 1.82 bits per heavy atom. The quantitative estimate of drug-likeness (QED) is 0.531. The molecule has 0 bridgehead atoms. The van der Waals surface area contributed by atoms with Crippen molar-refractivity contribution in [1.29, 1.82) is 0 Å². The van der Waals surface area contributed by atoms with E-state index in [0.717, 1.165) is 27.8 Å². The second-order valence-corrected chi connectivity index (χ2v) is 6.78. The molecule has 6 heteroatoms. The molecule has 1 N–H and O–H groups in total. The first-order valence-corrected chi connectivity index (χ1v) is 9.03. The Labute approximate surface area is 161 Å². The predicted molar refractivity (Wildman–Crippen MR) is 106 cm³/mol. The molecule has 0 aliphatic carbocycles.